The molecule has 4 rings (SSSR count). The molecule has 2 fully saturated rings. The van der Waals surface area contributed by atoms with E-state index in [0.29, 0.717) is 11.6 Å². The highest BCUT2D eigenvalue weighted by atomic mass is 32.2. The van der Waals surface area contributed by atoms with Gasteiger partial charge in [0, 0.05) is 29.5 Å². The smallest absolute Gasteiger partial charge is 0.194 e. The van der Waals surface area contributed by atoms with E-state index in [4.69, 9.17) is 10.0 Å². The molecule has 0 radical (unpaired) electrons. The highest BCUT2D eigenvalue weighted by molar-refractivity contribution is 8.15. The van der Waals surface area contributed by atoms with E-state index in [1.165, 1.54) is 12.8 Å². The SMILES string of the molecule is CC1(C)C2CCC1(C)C1(C2)ON=C(c2ccc([NH+]([O-])O)cc2)S1. The number of fused-ring (bicyclic) bond motifs is 3. The van der Waals surface area contributed by atoms with Crippen molar-refractivity contribution in [2.45, 2.75) is 45.0 Å². The zero-order valence-corrected chi connectivity index (χ0v) is 14.4. The second-order valence-corrected chi connectivity index (χ2v) is 8.97. The number of rotatable bonds is 2. The van der Waals surface area contributed by atoms with E-state index in [2.05, 4.69) is 25.9 Å². The van der Waals surface area contributed by atoms with E-state index in [9.17, 15) is 5.21 Å². The molecule has 5 nitrogen and oxygen atoms in total. The van der Waals surface area contributed by atoms with Gasteiger partial charge in [-0.1, -0.05) is 37.7 Å². The lowest BCUT2D eigenvalue weighted by Gasteiger charge is -2.43. The first-order valence-corrected chi connectivity index (χ1v) is 8.90. The molecule has 0 amide bonds. The summed E-state index contributed by atoms with van der Waals surface area (Å²) in [6.45, 7) is 7.07. The molecule has 2 saturated carbocycles. The van der Waals surface area contributed by atoms with Crippen LogP contribution < -0.4 is 5.23 Å². The van der Waals surface area contributed by atoms with Crippen LogP contribution in [0.5, 0.6) is 0 Å². The lowest BCUT2D eigenvalue weighted by Crippen LogP contribution is -2.99. The number of oxime groups is 1. The molecule has 0 aromatic heterocycles. The van der Waals surface area contributed by atoms with Crippen LogP contribution in [-0.4, -0.2) is 15.2 Å². The molecule has 1 aromatic carbocycles. The second-order valence-electron chi connectivity index (χ2n) is 7.72. The molecule has 124 valence electrons. The Balaban J connectivity index is 1.60. The van der Waals surface area contributed by atoms with Gasteiger partial charge in [-0.3, -0.25) is 0 Å². The van der Waals surface area contributed by atoms with Crippen LogP contribution in [0.4, 0.5) is 5.69 Å². The number of thioether (sulfide) groups is 1. The number of hydrogen-bond acceptors (Lipinski definition) is 5. The van der Waals surface area contributed by atoms with Crippen molar-refractivity contribution < 1.29 is 15.3 Å². The number of quaternary nitrogens is 1. The summed E-state index contributed by atoms with van der Waals surface area (Å²) in [5.41, 5.74) is 1.60. The molecule has 1 spiro atoms. The highest BCUT2D eigenvalue weighted by Gasteiger charge is 2.72. The van der Waals surface area contributed by atoms with Crippen molar-refractivity contribution in [2.24, 2.45) is 21.9 Å². The van der Waals surface area contributed by atoms with Gasteiger partial charge < -0.3 is 10.0 Å². The summed E-state index contributed by atoms with van der Waals surface area (Å²) in [5, 5.41) is 24.3. The molecule has 2 aliphatic carbocycles. The minimum atomic E-state index is -0.910. The predicted molar refractivity (Wildman–Crippen MR) is 89.4 cm³/mol. The monoisotopic (exact) mass is 334 g/mol. The summed E-state index contributed by atoms with van der Waals surface area (Å²) < 4.78 is 0. The normalized spacial score (nSPS) is 38.7. The first-order valence-electron chi connectivity index (χ1n) is 8.08. The molecule has 1 aromatic rings. The Morgan fingerprint density at radius 1 is 1.30 bits per heavy atom. The van der Waals surface area contributed by atoms with Gasteiger partial charge >= 0.3 is 0 Å². The maximum atomic E-state index is 11.0. The lowest BCUT2D eigenvalue weighted by molar-refractivity contribution is -0.991. The highest BCUT2D eigenvalue weighted by Crippen LogP contribution is 2.74. The van der Waals surface area contributed by atoms with Crippen LogP contribution >= 0.6 is 11.8 Å². The van der Waals surface area contributed by atoms with Crippen molar-refractivity contribution >= 4 is 22.5 Å². The van der Waals surface area contributed by atoms with Crippen molar-refractivity contribution in [1.82, 2.24) is 0 Å². The molecule has 6 heteroatoms. The van der Waals surface area contributed by atoms with Gasteiger partial charge in [0.25, 0.3) is 0 Å². The molecule has 0 saturated heterocycles. The van der Waals surface area contributed by atoms with Gasteiger partial charge in [0.1, 0.15) is 5.04 Å². The summed E-state index contributed by atoms with van der Waals surface area (Å²) >= 11 is 1.73. The third-order valence-electron chi connectivity index (χ3n) is 6.71. The van der Waals surface area contributed by atoms with Crippen molar-refractivity contribution in [2.75, 3.05) is 0 Å². The Kier molecular flexibility index (Phi) is 3.17. The Morgan fingerprint density at radius 3 is 2.52 bits per heavy atom. The van der Waals surface area contributed by atoms with Crippen LogP contribution in [0.25, 0.3) is 0 Å². The molecular formula is C17H22N2O3S. The molecule has 23 heavy (non-hydrogen) atoms. The fraction of sp³-hybridized carbons (Fsp3) is 0.588. The Labute approximate surface area is 140 Å². The van der Waals surface area contributed by atoms with Crippen LogP contribution in [0.1, 0.15) is 45.6 Å². The third kappa shape index (κ3) is 1.89. The van der Waals surface area contributed by atoms with Crippen molar-refractivity contribution in [3.63, 3.8) is 0 Å². The zero-order chi connectivity index (χ0) is 16.5. The standard InChI is InChI=1S/C17H22N2O3S/c1-15(2)12-8-9-16(15,3)17(10-12)22-18-14(23-17)11-4-6-13(7-5-11)19(20)21/h4-7,12,19-20H,8-10H2,1-3H3. The van der Waals surface area contributed by atoms with Crippen LogP contribution in [0.15, 0.2) is 29.4 Å². The molecule has 3 aliphatic rings. The fourth-order valence-electron chi connectivity index (χ4n) is 4.65. The van der Waals surface area contributed by atoms with Gasteiger partial charge in [-0.05, 0) is 36.3 Å². The van der Waals surface area contributed by atoms with Gasteiger partial charge in [-0.25, -0.2) is 5.21 Å². The number of hydrogen-bond donors (Lipinski definition) is 2. The first kappa shape index (κ1) is 15.4. The van der Waals surface area contributed by atoms with Gasteiger partial charge in [0.15, 0.2) is 10.6 Å². The molecule has 4 atom stereocenters. The maximum Gasteiger partial charge on any atom is 0.194 e. The van der Waals surface area contributed by atoms with E-state index in [1.807, 2.05) is 12.1 Å². The molecule has 2 N–H and O–H groups in total. The summed E-state index contributed by atoms with van der Waals surface area (Å²) in [4.78, 5) is 5.79. The van der Waals surface area contributed by atoms with Crippen LogP contribution in [0.3, 0.4) is 0 Å². The summed E-state index contributed by atoms with van der Waals surface area (Å²) in [6.07, 6.45) is 3.50. The van der Waals surface area contributed by atoms with Crippen molar-refractivity contribution in [3.05, 3.63) is 35.0 Å². The summed E-state index contributed by atoms with van der Waals surface area (Å²) in [5.74, 6) is 0.684. The van der Waals surface area contributed by atoms with Crippen LogP contribution in [-0.2, 0) is 4.84 Å². The molecule has 1 heterocycles. The van der Waals surface area contributed by atoms with E-state index >= 15 is 0 Å². The van der Waals surface area contributed by atoms with Crippen molar-refractivity contribution in [1.29, 1.82) is 0 Å². The molecule has 1 aliphatic heterocycles. The number of benzene rings is 1. The average molecular weight is 334 g/mol. The topological polar surface area (TPSA) is 69.3 Å². The Bertz CT molecular complexity index is 673. The quantitative estimate of drug-likeness (QED) is 0.816. The van der Waals surface area contributed by atoms with Crippen LogP contribution in [0.2, 0.25) is 0 Å². The minimum Gasteiger partial charge on any atom is -0.595 e. The van der Waals surface area contributed by atoms with Gasteiger partial charge in [-0.2, -0.15) is 5.23 Å². The van der Waals surface area contributed by atoms with E-state index < -0.39 is 5.23 Å². The largest absolute Gasteiger partial charge is 0.595 e. The lowest BCUT2D eigenvalue weighted by atomic mass is 9.69. The van der Waals surface area contributed by atoms with E-state index in [-0.39, 0.29) is 15.8 Å². The van der Waals surface area contributed by atoms with Gasteiger partial charge in [0.05, 0.1) is 0 Å². The first-order chi connectivity index (χ1) is 10.8. The van der Waals surface area contributed by atoms with Gasteiger partial charge in [0.2, 0.25) is 0 Å². The van der Waals surface area contributed by atoms with E-state index in [1.54, 1.807) is 23.9 Å². The Hall–Kier alpha value is -1.08. The molecule has 4 unspecified atom stereocenters. The molecule has 2 bridgehead atoms. The van der Waals surface area contributed by atoms with E-state index in [0.717, 1.165) is 17.0 Å². The van der Waals surface area contributed by atoms with Crippen LogP contribution in [0, 0.1) is 22.0 Å². The average Bonchev–Trinajstić information content (AvgIpc) is 3.08. The third-order valence-corrected chi connectivity index (χ3v) is 8.23. The summed E-state index contributed by atoms with van der Waals surface area (Å²) in [7, 11) is 0. The maximum absolute atomic E-state index is 11.0. The Morgan fingerprint density at radius 2 is 2.00 bits per heavy atom. The molecular weight excluding hydrogens is 312 g/mol. The zero-order valence-electron chi connectivity index (χ0n) is 13.6. The predicted octanol–water partition coefficient (Wildman–Crippen LogP) is 3.06. The van der Waals surface area contributed by atoms with Gasteiger partial charge in [-0.15, -0.1) is 0 Å². The minimum absolute atomic E-state index is 0.113. The van der Waals surface area contributed by atoms with Crippen molar-refractivity contribution in [3.8, 4) is 0 Å². The fourth-order valence-corrected chi connectivity index (χ4v) is 6.24. The number of nitrogens with zero attached hydrogens (tertiary/aromatic N) is 1. The number of nitrogens with one attached hydrogen (secondary N) is 1. The summed E-state index contributed by atoms with van der Waals surface area (Å²) in [6, 6.07) is 6.88. The second kappa shape index (κ2) is 4.72.